The fourth-order valence-electron chi connectivity index (χ4n) is 3.32. The fourth-order valence-corrected chi connectivity index (χ4v) is 3.66. The third kappa shape index (κ3) is 2.48. The van der Waals surface area contributed by atoms with Gasteiger partial charge in [-0.3, -0.25) is 9.59 Å². The lowest BCUT2D eigenvalue weighted by molar-refractivity contribution is -0.146. The molecule has 4 atom stereocenters. The van der Waals surface area contributed by atoms with Gasteiger partial charge in [0, 0.05) is 4.47 Å². The van der Waals surface area contributed by atoms with Crippen LogP contribution < -0.4 is 5.32 Å². The van der Waals surface area contributed by atoms with Crippen LogP contribution in [0.5, 0.6) is 0 Å². The number of halogens is 2. The van der Waals surface area contributed by atoms with Crippen LogP contribution in [0.1, 0.15) is 6.42 Å². The van der Waals surface area contributed by atoms with Gasteiger partial charge in [0.05, 0.1) is 17.5 Å². The summed E-state index contributed by atoms with van der Waals surface area (Å²) in [4.78, 5) is 23.7. The summed E-state index contributed by atoms with van der Waals surface area (Å²) in [6.07, 6.45) is 4.44. The van der Waals surface area contributed by atoms with Gasteiger partial charge in [0.25, 0.3) is 0 Å². The van der Waals surface area contributed by atoms with Gasteiger partial charge in [-0.25, -0.2) is 4.39 Å². The fraction of sp³-hybridized carbons (Fsp3) is 0.333. The molecule has 1 aromatic carbocycles. The average molecular weight is 354 g/mol. The highest BCUT2D eigenvalue weighted by Crippen LogP contribution is 2.48. The van der Waals surface area contributed by atoms with E-state index in [4.69, 9.17) is 0 Å². The monoisotopic (exact) mass is 353 g/mol. The molecule has 0 radical (unpaired) electrons. The van der Waals surface area contributed by atoms with Crippen molar-refractivity contribution in [1.82, 2.24) is 0 Å². The number of aliphatic carboxylic acids is 1. The number of carbonyl (C=O) groups excluding carboxylic acids is 1. The molecular weight excluding hydrogens is 341 g/mol. The van der Waals surface area contributed by atoms with Crippen molar-refractivity contribution in [2.45, 2.75) is 6.42 Å². The molecule has 0 aromatic heterocycles. The largest absolute Gasteiger partial charge is 0.481 e. The van der Waals surface area contributed by atoms with E-state index in [0.717, 1.165) is 0 Å². The lowest BCUT2D eigenvalue weighted by atomic mass is 9.82. The van der Waals surface area contributed by atoms with Crippen LogP contribution in [0, 0.1) is 29.5 Å². The van der Waals surface area contributed by atoms with Gasteiger partial charge >= 0.3 is 5.97 Å². The van der Waals surface area contributed by atoms with Crippen LogP contribution in [0.25, 0.3) is 0 Å². The van der Waals surface area contributed by atoms with Gasteiger partial charge < -0.3 is 10.4 Å². The topological polar surface area (TPSA) is 66.4 Å². The maximum atomic E-state index is 13.8. The van der Waals surface area contributed by atoms with Crippen LogP contribution in [-0.4, -0.2) is 17.0 Å². The smallest absolute Gasteiger partial charge is 0.307 e. The third-order valence-electron chi connectivity index (χ3n) is 4.24. The summed E-state index contributed by atoms with van der Waals surface area (Å²) in [5, 5.41) is 11.8. The molecular formula is C15H13BrFNO3. The molecule has 6 heteroatoms. The van der Waals surface area contributed by atoms with Crippen molar-refractivity contribution >= 4 is 33.5 Å². The second-order valence-corrected chi connectivity index (χ2v) is 6.37. The number of carboxylic acids is 1. The van der Waals surface area contributed by atoms with Crippen molar-refractivity contribution < 1.29 is 19.1 Å². The zero-order valence-electron chi connectivity index (χ0n) is 10.9. The first-order chi connectivity index (χ1) is 9.97. The summed E-state index contributed by atoms with van der Waals surface area (Å²) in [5.41, 5.74) is 0.0686. The van der Waals surface area contributed by atoms with E-state index >= 15 is 0 Å². The number of hydrogen-bond donors (Lipinski definition) is 2. The molecule has 1 aromatic rings. The lowest BCUT2D eigenvalue weighted by Crippen LogP contribution is -2.36. The van der Waals surface area contributed by atoms with Crippen molar-refractivity contribution in [1.29, 1.82) is 0 Å². The molecule has 2 N–H and O–H groups in total. The Morgan fingerprint density at radius 1 is 1.24 bits per heavy atom. The van der Waals surface area contributed by atoms with E-state index in [1.54, 1.807) is 6.07 Å². The number of carbonyl (C=O) groups is 2. The Balaban J connectivity index is 1.82. The molecule has 0 spiro atoms. The normalized spacial score (nSPS) is 29.6. The first-order valence-electron chi connectivity index (χ1n) is 6.64. The van der Waals surface area contributed by atoms with E-state index < -0.39 is 29.5 Å². The molecule has 2 aliphatic rings. The summed E-state index contributed by atoms with van der Waals surface area (Å²) < 4.78 is 14.3. The first kappa shape index (κ1) is 14.3. The zero-order chi connectivity index (χ0) is 15.1. The highest BCUT2D eigenvalue weighted by Gasteiger charge is 2.51. The molecule has 0 unspecified atom stereocenters. The summed E-state index contributed by atoms with van der Waals surface area (Å²) in [7, 11) is 0. The van der Waals surface area contributed by atoms with Crippen LogP contribution in [0.4, 0.5) is 10.1 Å². The number of carboxylic acid groups (broad SMARTS) is 1. The number of benzene rings is 1. The van der Waals surface area contributed by atoms with Gasteiger partial charge in [-0.05, 0) is 36.5 Å². The van der Waals surface area contributed by atoms with Gasteiger partial charge in [0.2, 0.25) is 5.91 Å². The molecule has 2 bridgehead atoms. The van der Waals surface area contributed by atoms with E-state index in [-0.39, 0.29) is 17.5 Å². The van der Waals surface area contributed by atoms with Crippen molar-refractivity contribution in [3.05, 3.63) is 40.6 Å². The highest BCUT2D eigenvalue weighted by molar-refractivity contribution is 9.10. The van der Waals surface area contributed by atoms with Gasteiger partial charge in [0.15, 0.2) is 0 Å². The number of rotatable bonds is 3. The summed E-state index contributed by atoms with van der Waals surface area (Å²) in [5.74, 6) is -3.49. The molecule has 3 rings (SSSR count). The predicted octanol–water partition coefficient (Wildman–Crippen LogP) is 3.05. The first-order valence-corrected chi connectivity index (χ1v) is 7.43. The van der Waals surface area contributed by atoms with E-state index in [1.807, 2.05) is 12.2 Å². The van der Waals surface area contributed by atoms with Crippen molar-refractivity contribution in [2.75, 3.05) is 5.32 Å². The molecule has 2 aliphatic carbocycles. The number of hydrogen-bond acceptors (Lipinski definition) is 2. The number of amides is 1. The Morgan fingerprint density at radius 2 is 1.90 bits per heavy atom. The van der Waals surface area contributed by atoms with Gasteiger partial charge in [-0.1, -0.05) is 28.1 Å². The van der Waals surface area contributed by atoms with Crippen LogP contribution in [0.15, 0.2) is 34.8 Å². The van der Waals surface area contributed by atoms with Crippen LogP contribution in [-0.2, 0) is 9.59 Å². The molecule has 1 fully saturated rings. The van der Waals surface area contributed by atoms with E-state index in [0.29, 0.717) is 10.9 Å². The Labute approximate surface area is 129 Å². The standard InChI is InChI=1S/C15H13BrFNO3/c16-9-3-4-11(10(17)6-9)18-14(19)12-7-1-2-8(5-7)13(12)15(20)21/h1-4,6-8,12-13H,5H2,(H,18,19)(H,20,21)/t7-,8+,12+,13-/m0/s1. The maximum Gasteiger partial charge on any atom is 0.307 e. The minimum Gasteiger partial charge on any atom is -0.481 e. The second kappa shape index (κ2) is 5.26. The average Bonchev–Trinajstić information content (AvgIpc) is 3.02. The van der Waals surface area contributed by atoms with Gasteiger partial charge in [0.1, 0.15) is 5.82 Å². The summed E-state index contributed by atoms with van der Waals surface area (Å²) in [6, 6.07) is 4.33. The summed E-state index contributed by atoms with van der Waals surface area (Å²) >= 11 is 3.14. The summed E-state index contributed by atoms with van der Waals surface area (Å²) in [6.45, 7) is 0. The zero-order valence-corrected chi connectivity index (χ0v) is 12.5. The quantitative estimate of drug-likeness (QED) is 0.820. The molecule has 1 amide bonds. The van der Waals surface area contributed by atoms with E-state index in [1.165, 1.54) is 12.1 Å². The van der Waals surface area contributed by atoms with E-state index in [9.17, 15) is 19.1 Å². The predicted molar refractivity (Wildman–Crippen MR) is 78.1 cm³/mol. The highest BCUT2D eigenvalue weighted by atomic mass is 79.9. The van der Waals surface area contributed by atoms with E-state index in [2.05, 4.69) is 21.2 Å². The van der Waals surface area contributed by atoms with Crippen molar-refractivity contribution in [2.24, 2.45) is 23.7 Å². The Hall–Kier alpha value is -1.69. The van der Waals surface area contributed by atoms with Gasteiger partial charge in [-0.2, -0.15) is 0 Å². The molecule has 0 heterocycles. The number of allylic oxidation sites excluding steroid dienone is 2. The SMILES string of the molecule is O=C(O)[C@@H]1[C@H](C(=O)Nc2ccc(Br)cc2F)[C@H]2C=C[C@@H]1C2. The van der Waals surface area contributed by atoms with Crippen molar-refractivity contribution in [3.63, 3.8) is 0 Å². The Kier molecular flexibility index (Phi) is 3.57. The second-order valence-electron chi connectivity index (χ2n) is 5.45. The van der Waals surface area contributed by atoms with Crippen molar-refractivity contribution in [3.8, 4) is 0 Å². The Bertz CT molecular complexity index is 646. The minimum absolute atomic E-state index is 0.0686. The third-order valence-corrected chi connectivity index (χ3v) is 4.73. The van der Waals surface area contributed by atoms with Crippen LogP contribution in [0.2, 0.25) is 0 Å². The molecule has 110 valence electrons. The Morgan fingerprint density at radius 3 is 2.52 bits per heavy atom. The number of fused-ring (bicyclic) bond motifs is 2. The lowest BCUT2D eigenvalue weighted by Gasteiger charge is -2.23. The molecule has 0 aliphatic heterocycles. The maximum absolute atomic E-state index is 13.8. The molecule has 21 heavy (non-hydrogen) atoms. The molecule has 0 saturated heterocycles. The van der Waals surface area contributed by atoms with Crippen LogP contribution in [0.3, 0.4) is 0 Å². The minimum atomic E-state index is -0.969. The van der Waals surface area contributed by atoms with Gasteiger partial charge in [-0.15, -0.1) is 0 Å². The molecule has 1 saturated carbocycles. The molecule has 4 nitrogen and oxygen atoms in total. The number of anilines is 1. The number of nitrogens with one attached hydrogen (secondary N) is 1. The van der Waals surface area contributed by atoms with Crippen LogP contribution >= 0.6 is 15.9 Å².